The van der Waals surface area contributed by atoms with Crippen LogP contribution in [0.1, 0.15) is 99.5 Å². The van der Waals surface area contributed by atoms with Gasteiger partial charge in [-0.15, -0.1) is 0 Å². The first-order chi connectivity index (χ1) is 14.4. The lowest BCUT2D eigenvalue weighted by molar-refractivity contribution is -0.140. The third-order valence-electron chi connectivity index (χ3n) is 2.99. The molecule has 0 aliphatic rings. The number of Topliss-reactive ketones (excluding diaryl/α,β-unsaturated/α-hetero) is 2. The van der Waals surface area contributed by atoms with Crippen molar-refractivity contribution < 1.29 is 24.2 Å². The largest absolute Gasteiger partial charge is 0.466 e. The van der Waals surface area contributed by atoms with Gasteiger partial charge >= 0.3 is 5.97 Å². The third-order valence-corrected chi connectivity index (χ3v) is 2.99. The topological polar surface area (TPSA) is 80.7 Å². The van der Waals surface area contributed by atoms with Crippen LogP contribution in [-0.4, -0.2) is 35.4 Å². The summed E-state index contributed by atoms with van der Waals surface area (Å²) in [6.07, 6.45) is 6.93. The Morgan fingerprint density at radius 3 is 1.35 bits per heavy atom. The second-order valence-corrected chi connectivity index (χ2v) is 7.31. The van der Waals surface area contributed by atoms with Gasteiger partial charge in [0.15, 0.2) is 0 Å². The van der Waals surface area contributed by atoms with E-state index in [1.807, 2.05) is 18.2 Å². The summed E-state index contributed by atoms with van der Waals surface area (Å²) in [6, 6.07) is 10.3. The molecule has 0 aliphatic heterocycles. The van der Waals surface area contributed by atoms with Crippen molar-refractivity contribution in [1.29, 1.82) is 0 Å². The number of ether oxygens (including phenoxy) is 1. The number of aliphatic hydroxyl groups excluding tert-OH is 1. The van der Waals surface area contributed by atoms with Gasteiger partial charge in [0, 0.05) is 13.0 Å². The van der Waals surface area contributed by atoms with Crippen molar-refractivity contribution in [2.45, 2.75) is 107 Å². The lowest BCUT2D eigenvalue weighted by Crippen LogP contribution is -1.97. The molecule has 0 atom stereocenters. The second kappa shape index (κ2) is 30.2. The Labute approximate surface area is 191 Å². The van der Waals surface area contributed by atoms with Crippen LogP contribution in [0, 0.1) is 6.92 Å². The summed E-state index contributed by atoms with van der Waals surface area (Å²) in [4.78, 5) is 29.9. The normalized spacial score (nSPS) is 8.61. The van der Waals surface area contributed by atoms with Crippen LogP contribution in [-0.2, 0) is 19.1 Å². The Hall–Kier alpha value is -2.01. The molecule has 0 aromatic heterocycles. The number of aryl methyl sites for hydroxylation is 1. The molecule has 1 aromatic rings. The highest BCUT2D eigenvalue weighted by Crippen LogP contribution is 2.00. The zero-order valence-electron chi connectivity index (χ0n) is 21.5. The van der Waals surface area contributed by atoms with Gasteiger partial charge in [0.05, 0.1) is 13.0 Å². The molecule has 0 saturated heterocycles. The van der Waals surface area contributed by atoms with Crippen LogP contribution < -0.4 is 0 Å². The molecule has 0 aliphatic carbocycles. The summed E-state index contributed by atoms with van der Waals surface area (Å²) in [5, 5.41) is 8.06. The zero-order chi connectivity index (χ0) is 25.1. The van der Waals surface area contributed by atoms with E-state index < -0.39 is 0 Å². The van der Waals surface area contributed by atoms with Crippen molar-refractivity contribution in [3.63, 3.8) is 0 Å². The summed E-state index contributed by atoms with van der Waals surface area (Å²) in [5.41, 5.74) is 1.32. The van der Waals surface area contributed by atoms with E-state index in [1.54, 1.807) is 20.8 Å². The molecule has 5 nitrogen and oxygen atoms in total. The maximum Gasteiger partial charge on any atom is 0.302 e. The molecule has 1 rings (SSSR count). The molecule has 31 heavy (non-hydrogen) atoms. The van der Waals surface area contributed by atoms with Crippen LogP contribution >= 0.6 is 0 Å². The van der Waals surface area contributed by atoms with Crippen molar-refractivity contribution in [3.05, 3.63) is 35.9 Å². The molecule has 1 aromatic carbocycles. The Morgan fingerprint density at radius 2 is 1.23 bits per heavy atom. The average Bonchev–Trinajstić information content (AvgIpc) is 2.63. The predicted molar refractivity (Wildman–Crippen MR) is 131 cm³/mol. The fourth-order valence-corrected chi connectivity index (χ4v) is 1.76. The predicted octanol–water partition coefficient (Wildman–Crippen LogP) is 6.48. The molecule has 1 N–H and O–H groups in total. The molecule has 0 heterocycles. The average molecular weight is 441 g/mol. The quantitative estimate of drug-likeness (QED) is 0.298. The molecule has 0 amide bonds. The van der Waals surface area contributed by atoms with Gasteiger partial charge in [-0.2, -0.15) is 0 Å². The van der Waals surface area contributed by atoms with Crippen molar-refractivity contribution >= 4 is 17.5 Å². The fraction of sp³-hybridized carbons (Fsp3) is 0.654. The number of carbonyl (C=O) groups is 3. The summed E-state index contributed by atoms with van der Waals surface area (Å²) in [7, 11) is 0. The number of esters is 1. The molecule has 0 spiro atoms. The maximum atomic E-state index is 10.0. The molecule has 0 bridgehead atoms. The Kier molecular flexibility index (Phi) is 35.4. The summed E-state index contributed by atoms with van der Waals surface area (Å²) < 4.78 is 4.40. The SMILES string of the molecule is CC(=O)CC(C)=O.CC(C)O.CCCCCCC.CCOC(C)=O.Cc1ccccc1. The second-order valence-electron chi connectivity index (χ2n) is 7.31. The third kappa shape index (κ3) is 65.5. The van der Waals surface area contributed by atoms with Crippen LogP contribution in [0.15, 0.2) is 30.3 Å². The minimum Gasteiger partial charge on any atom is -0.466 e. The lowest BCUT2D eigenvalue weighted by atomic mass is 10.2. The van der Waals surface area contributed by atoms with Crippen LogP contribution in [0.4, 0.5) is 0 Å². The highest BCUT2D eigenvalue weighted by atomic mass is 16.5. The number of benzene rings is 1. The molecule has 182 valence electrons. The minimum atomic E-state index is -0.211. The summed E-state index contributed by atoms with van der Waals surface area (Å²) >= 11 is 0. The molecule has 5 heteroatoms. The number of carbonyl (C=O) groups excluding carboxylic acids is 3. The molecule has 0 radical (unpaired) electrons. The fourth-order valence-electron chi connectivity index (χ4n) is 1.76. The van der Waals surface area contributed by atoms with Gasteiger partial charge in [0.25, 0.3) is 0 Å². The summed E-state index contributed by atoms with van der Waals surface area (Å²) in [6.45, 7) is 16.5. The van der Waals surface area contributed by atoms with Crippen LogP contribution in [0.25, 0.3) is 0 Å². The summed E-state index contributed by atoms with van der Waals surface area (Å²) in [5.74, 6) is -0.336. The first-order valence-electron chi connectivity index (χ1n) is 11.3. The van der Waals surface area contributed by atoms with E-state index in [2.05, 4.69) is 37.6 Å². The maximum absolute atomic E-state index is 10.0. The van der Waals surface area contributed by atoms with Crippen molar-refractivity contribution in [2.24, 2.45) is 0 Å². The number of hydrogen-bond donors (Lipinski definition) is 1. The number of hydrogen-bond acceptors (Lipinski definition) is 5. The van der Waals surface area contributed by atoms with E-state index in [9.17, 15) is 14.4 Å². The lowest BCUT2D eigenvalue weighted by Gasteiger charge is -1.90. The number of ketones is 2. The Bertz CT molecular complexity index is 491. The van der Waals surface area contributed by atoms with Crippen LogP contribution in [0.2, 0.25) is 0 Å². The Morgan fingerprint density at radius 1 is 0.839 bits per heavy atom. The molecule has 0 saturated carbocycles. The first-order valence-corrected chi connectivity index (χ1v) is 11.3. The van der Waals surface area contributed by atoms with E-state index in [4.69, 9.17) is 5.11 Å². The van der Waals surface area contributed by atoms with E-state index in [1.165, 1.54) is 58.4 Å². The van der Waals surface area contributed by atoms with Crippen LogP contribution in [0.5, 0.6) is 0 Å². The number of rotatable bonds is 7. The van der Waals surface area contributed by atoms with E-state index in [0.29, 0.717) is 6.61 Å². The molecule has 0 unspecified atom stereocenters. The monoisotopic (exact) mass is 440 g/mol. The van der Waals surface area contributed by atoms with Crippen molar-refractivity contribution in [1.82, 2.24) is 0 Å². The highest BCUT2D eigenvalue weighted by molar-refractivity contribution is 5.96. The van der Waals surface area contributed by atoms with Crippen LogP contribution in [0.3, 0.4) is 0 Å². The number of unbranched alkanes of at least 4 members (excludes halogenated alkanes) is 4. The minimum absolute atomic E-state index is 0.0625. The van der Waals surface area contributed by atoms with Gasteiger partial charge in [-0.1, -0.05) is 81.8 Å². The highest BCUT2D eigenvalue weighted by Gasteiger charge is 1.94. The van der Waals surface area contributed by atoms with Gasteiger partial charge in [-0.3, -0.25) is 14.4 Å². The molecular formula is C26H48O5. The molecule has 0 fully saturated rings. The standard InChI is InChI=1S/C7H8.C7H16.C5H8O2.C4H8O2.C3H8O/c1-7-5-3-2-4-6-7;1-3-5-7-6-4-2;1-4(6)3-5(2)7;1-3-6-4(2)5;1-3(2)4/h2-6H,1H3;3-7H2,1-2H3;3H2,1-2H3;3H2,1-2H3;3-4H,1-2H3. The molecular weight excluding hydrogens is 392 g/mol. The van der Waals surface area contributed by atoms with Gasteiger partial charge in [0.1, 0.15) is 11.6 Å². The van der Waals surface area contributed by atoms with Gasteiger partial charge in [0.2, 0.25) is 0 Å². The van der Waals surface area contributed by atoms with Crippen molar-refractivity contribution in [2.75, 3.05) is 6.61 Å². The Balaban J connectivity index is -0.000000149. The van der Waals surface area contributed by atoms with E-state index in [-0.39, 0.29) is 30.1 Å². The first kappa shape index (κ1) is 36.4. The zero-order valence-corrected chi connectivity index (χ0v) is 21.5. The van der Waals surface area contributed by atoms with Gasteiger partial charge < -0.3 is 9.84 Å². The number of aliphatic hydroxyl groups is 1. The smallest absolute Gasteiger partial charge is 0.302 e. The van der Waals surface area contributed by atoms with Gasteiger partial charge in [-0.25, -0.2) is 0 Å². The van der Waals surface area contributed by atoms with E-state index in [0.717, 1.165) is 0 Å². The van der Waals surface area contributed by atoms with Crippen molar-refractivity contribution in [3.8, 4) is 0 Å². The van der Waals surface area contributed by atoms with E-state index >= 15 is 0 Å². The van der Waals surface area contributed by atoms with Gasteiger partial charge in [-0.05, 0) is 41.5 Å².